The molecule has 1 rings (SSSR count). The van der Waals surface area contributed by atoms with Gasteiger partial charge in [0.1, 0.15) is 16.2 Å². The summed E-state index contributed by atoms with van der Waals surface area (Å²) >= 11 is 0. The van der Waals surface area contributed by atoms with E-state index in [4.69, 9.17) is 0 Å². The van der Waals surface area contributed by atoms with Crippen LogP contribution in [0.4, 0.5) is 0 Å². The van der Waals surface area contributed by atoms with E-state index in [1.165, 1.54) is 186 Å². The van der Waals surface area contributed by atoms with Gasteiger partial charge in [-0.15, -0.1) is 0 Å². The van der Waals surface area contributed by atoms with Gasteiger partial charge in [0.15, 0.2) is 0 Å². The Hall–Kier alpha value is -0.910. The molecule has 48 heavy (non-hydrogen) atoms. The second-order valence-corrected chi connectivity index (χ2v) is 16.6. The molecule has 4 nitrogen and oxygen atoms in total. The van der Waals surface area contributed by atoms with E-state index >= 15 is 0 Å². The second-order valence-electron chi connectivity index (χ2n) is 15.3. The highest BCUT2D eigenvalue weighted by Gasteiger charge is 2.36. The highest BCUT2D eigenvalue weighted by atomic mass is 32.2. The maximum Gasteiger partial charge on any atom is 0.124 e. The van der Waals surface area contributed by atoms with E-state index in [1.54, 1.807) is 12.1 Å². The fourth-order valence-corrected chi connectivity index (χ4v) is 8.60. The Kier molecular flexibility index (Phi) is 28.0. The minimum atomic E-state index is -4.54. The van der Waals surface area contributed by atoms with Crippen LogP contribution in [0.1, 0.15) is 238 Å². The molecular weight excluding hydrogens is 611 g/mol. The van der Waals surface area contributed by atoms with Gasteiger partial charge in [-0.3, -0.25) is 0 Å². The maximum atomic E-state index is 12.6. The van der Waals surface area contributed by atoms with E-state index in [1.807, 2.05) is 12.1 Å². The first-order chi connectivity index (χ1) is 23.3. The van der Waals surface area contributed by atoms with Crippen molar-refractivity contribution in [1.29, 1.82) is 0 Å². The van der Waals surface area contributed by atoms with Crippen molar-refractivity contribution in [3.63, 3.8) is 0 Å². The molecule has 0 saturated carbocycles. The zero-order valence-electron chi connectivity index (χ0n) is 32.5. The van der Waals surface area contributed by atoms with E-state index < -0.39 is 10.1 Å². The molecule has 0 aliphatic carbocycles. The fourth-order valence-electron chi connectivity index (χ4n) is 7.84. The average Bonchev–Trinajstić information content (AvgIpc) is 3.07. The Balaban J connectivity index is 3.25. The van der Waals surface area contributed by atoms with Gasteiger partial charge in [0, 0.05) is 31.2 Å². The molecule has 0 fully saturated rings. The molecule has 0 aromatic heterocycles. The van der Waals surface area contributed by atoms with E-state index in [0.717, 1.165) is 18.4 Å². The SMILES string of the molecule is CCCCCCCCCCCC([NH2+]C(CCCCCCCC)(CCCCCCCC)CCCCCCCC)c1ccccc1S(=O)(=O)[O-]. The summed E-state index contributed by atoms with van der Waals surface area (Å²) in [5.74, 6) is 0. The van der Waals surface area contributed by atoms with Crippen LogP contribution in [0.25, 0.3) is 0 Å². The summed E-state index contributed by atoms with van der Waals surface area (Å²) in [6.07, 6.45) is 39.4. The molecule has 0 saturated heterocycles. The number of unbranched alkanes of at least 4 members (excludes halogenated alkanes) is 23. The van der Waals surface area contributed by atoms with Crippen LogP contribution in [0, 0.1) is 0 Å². The quantitative estimate of drug-likeness (QED) is 0.0569. The second kappa shape index (κ2) is 29.8. The molecule has 0 heterocycles. The van der Waals surface area contributed by atoms with Crippen LogP contribution in [0.15, 0.2) is 29.2 Å². The van der Waals surface area contributed by atoms with E-state index in [9.17, 15) is 13.0 Å². The minimum absolute atomic E-state index is 0.00903. The summed E-state index contributed by atoms with van der Waals surface area (Å²) < 4.78 is 37.7. The van der Waals surface area contributed by atoms with Gasteiger partial charge in [-0.25, -0.2) is 8.42 Å². The summed E-state index contributed by atoms with van der Waals surface area (Å²) in [5.41, 5.74) is 0.856. The molecule has 0 amide bonds. The van der Waals surface area contributed by atoms with Gasteiger partial charge in [0.2, 0.25) is 0 Å². The molecule has 282 valence electrons. The van der Waals surface area contributed by atoms with Crippen LogP contribution in [-0.4, -0.2) is 18.5 Å². The van der Waals surface area contributed by atoms with Crippen molar-refractivity contribution in [3.05, 3.63) is 29.8 Å². The van der Waals surface area contributed by atoms with Crippen LogP contribution in [0.5, 0.6) is 0 Å². The standard InChI is InChI=1S/C43H81NO3S/c1-5-9-13-17-21-22-23-24-28-35-41(40-34-29-30-36-42(40)48(45,46)47)44-43(37-31-25-18-14-10-6-2,38-32-26-19-15-11-7-3)39-33-27-20-16-12-8-4/h29-30,34,36,41,44H,5-28,31-33,35,37-39H2,1-4H3,(H,45,46,47). The van der Waals surface area contributed by atoms with Gasteiger partial charge < -0.3 is 9.87 Å². The summed E-state index contributed by atoms with van der Waals surface area (Å²) in [6, 6.07) is 7.18. The molecule has 2 N–H and O–H groups in total. The Morgan fingerprint density at radius 1 is 0.521 bits per heavy atom. The molecule has 1 unspecified atom stereocenters. The van der Waals surface area contributed by atoms with Crippen molar-refractivity contribution in [1.82, 2.24) is 0 Å². The lowest BCUT2D eigenvalue weighted by Crippen LogP contribution is -2.97. The van der Waals surface area contributed by atoms with Crippen LogP contribution in [0.2, 0.25) is 0 Å². The van der Waals surface area contributed by atoms with Gasteiger partial charge in [0.25, 0.3) is 0 Å². The largest absolute Gasteiger partial charge is 0.744 e. The minimum Gasteiger partial charge on any atom is -0.744 e. The first-order valence-corrected chi connectivity index (χ1v) is 22.6. The summed E-state index contributed by atoms with van der Waals surface area (Å²) in [5, 5.41) is 2.63. The highest BCUT2D eigenvalue weighted by Crippen LogP contribution is 2.31. The molecule has 0 radical (unpaired) electrons. The number of rotatable bonds is 35. The first kappa shape index (κ1) is 45.1. The van der Waals surface area contributed by atoms with Gasteiger partial charge in [-0.05, 0) is 31.7 Å². The van der Waals surface area contributed by atoms with Crippen molar-refractivity contribution in [2.45, 2.75) is 243 Å². The number of hydrogen-bond donors (Lipinski definition) is 1. The number of nitrogens with two attached hydrogens (primary N) is 1. The van der Waals surface area contributed by atoms with E-state index in [0.29, 0.717) is 0 Å². The Morgan fingerprint density at radius 2 is 0.854 bits per heavy atom. The Labute approximate surface area is 300 Å². The Morgan fingerprint density at radius 3 is 1.23 bits per heavy atom. The lowest BCUT2D eigenvalue weighted by molar-refractivity contribution is -0.767. The molecule has 0 aliphatic rings. The first-order valence-electron chi connectivity index (χ1n) is 21.2. The van der Waals surface area contributed by atoms with E-state index in [-0.39, 0.29) is 16.5 Å². The molecule has 0 aliphatic heterocycles. The van der Waals surface area contributed by atoms with Gasteiger partial charge in [0.05, 0.1) is 10.4 Å². The summed E-state index contributed by atoms with van der Waals surface area (Å²) in [4.78, 5) is 0.00905. The lowest BCUT2D eigenvalue weighted by Gasteiger charge is -2.37. The molecule has 1 atom stereocenters. The number of benzene rings is 1. The Bertz CT molecular complexity index is 922. The third kappa shape index (κ3) is 22.0. The predicted molar refractivity (Wildman–Crippen MR) is 208 cm³/mol. The van der Waals surface area contributed by atoms with Crippen molar-refractivity contribution >= 4 is 10.1 Å². The average molecular weight is 692 g/mol. The normalized spacial score (nSPS) is 12.9. The van der Waals surface area contributed by atoms with Gasteiger partial charge in [-0.2, -0.15) is 0 Å². The molecule has 0 bridgehead atoms. The van der Waals surface area contributed by atoms with Crippen LogP contribution < -0.4 is 5.32 Å². The molecule has 1 aromatic rings. The number of hydrogen-bond acceptors (Lipinski definition) is 3. The highest BCUT2D eigenvalue weighted by molar-refractivity contribution is 7.85. The zero-order chi connectivity index (χ0) is 35.2. The van der Waals surface area contributed by atoms with Crippen molar-refractivity contribution in [2.24, 2.45) is 0 Å². The predicted octanol–water partition coefficient (Wildman–Crippen LogP) is 13.1. The van der Waals surface area contributed by atoms with Crippen LogP contribution >= 0.6 is 0 Å². The van der Waals surface area contributed by atoms with Crippen LogP contribution in [0.3, 0.4) is 0 Å². The van der Waals surface area contributed by atoms with Crippen LogP contribution in [-0.2, 0) is 10.1 Å². The van der Waals surface area contributed by atoms with Gasteiger partial charge >= 0.3 is 0 Å². The van der Waals surface area contributed by atoms with Crippen molar-refractivity contribution in [2.75, 3.05) is 0 Å². The number of quaternary nitrogens is 1. The lowest BCUT2D eigenvalue weighted by atomic mass is 9.80. The topological polar surface area (TPSA) is 73.8 Å². The van der Waals surface area contributed by atoms with E-state index in [2.05, 4.69) is 33.0 Å². The maximum absolute atomic E-state index is 12.6. The summed E-state index contributed by atoms with van der Waals surface area (Å²) in [6.45, 7) is 9.13. The smallest absolute Gasteiger partial charge is 0.124 e. The van der Waals surface area contributed by atoms with Gasteiger partial charge in [-0.1, -0.05) is 194 Å². The molecular formula is C43H81NO3S. The van der Waals surface area contributed by atoms with Crippen molar-refractivity contribution in [3.8, 4) is 0 Å². The third-order valence-electron chi connectivity index (χ3n) is 10.8. The fraction of sp³-hybridized carbons (Fsp3) is 0.860. The third-order valence-corrected chi connectivity index (χ3v) is 11.8. The van der Waals surface area contributed by atoms with Crippen molar-refractivity contribution < 1.29 is 18.3 Å². The monoisotopic (exact) mass is 692 g/mol. The molecule has 0 spiro atoms. The molecule has 5 heteroatoms. The zero-order valence-corrected chi connectivity index (χ0v) is 33.3. The molecule has 1 aromatic carbocycles. The summed E-state index contributed by atoms with van der Waals surface area (Å²) in [7, 11) is -4.54.